The van der Waals surface area contributed by atoms with Crippen molar-refractivity contribution < 1.29 is 4.05 Å². The van der Waals surface area contributed by atoms with Crippen molar-refractivity contribution in [3.05, 3.63) is 5.21 Å². The highest BCUT2D eigenvalue weighted by molar-refractivity contribution is 7.98. The molecule has 0 aromatic heterocycles. The van der Waals surface area contributed by atoms with Gasteiger partial charge in [-0.25, -0.2) is 0 Å². The SMILES string of the molecule is CSC[N+](C)([O-])S. The van der Waals surface area contributed by atoms with Gasteiger partial charge < -0.3 is 5.21 Å². The largest absolute Gasteiger partial charge is 0.620 e. The molecule has 0 rings (SSSR count). The zero-order chi connectivity index (χ0) is 5.91. The third-order valence-corrected chi connectivity index (χ3v) is 1.45. The Morgan fingerprint density at radius 1 is 1.86 bits per heavy atom. The van der Waals surface area contributed by atoms with Gasteiger partial charge in [0.15, 0.2) is 0 Å². The van der Waals surface area contributed by atoms with Crippen LogP contribution in [0.15, 0.2) is 0 Å². The monoisotopic (exact) mass is 139 g/mol. The van der Waals surface area contributed by atoms with Crippen molar-refractivity contribution in [1.82, 2.24) is 0 Å². The molecular formula is C3H9NOS2. The summed E-state index contributed by atoms with van der Waals surface area (Å²) < 4.78 is -0.499. The molecule has 0 aromatic carbocycles. The Balaban J connectivity index is 3.15. The van der Waals surface area contributed by atoms with Crippen LogP contribution < -0.4 is 0 Å². The van der Waals surface area contributed by atoms with E-state index in [0.29, 0.717) is 5.88 Å². The molecule has 0 radical (unpaired) electrons. The Morgan fingerprint density at radius 2 is 2.29 bits per heavy atom. The van der Waals surface area contributed by atoms with Crippen molar-refractivity contribution in [2.24, 2.45) is 0 Å². The summed E-state index contributed by atoms with van der Waals surface area (Å²) in [5.74, 6) is 0.503. The summed E-state index contributed by atoms with van der Waals surface area (Å²) in [7, 11) is 1.50. The molecule has 4 heteroatoms. The zero-order valence-electron chi connectivity index (χ0n) is 4.42. The number of hydrogen-bond acceptors (Lipinski definition) is 3. The Labute approximate surface area is 53.6 Å². The van der Waals surface area contributed by atoms with Crippen LogP contribution in [0.25, 0.3) is 0 Å². The van der Waals surface area contributed by atoms with Crippen molar-refractivity contribution in [3.63, 3.8) is 0 Å². The van der Waals surface area contributed by atoms with E-state index in [9.17, 15) is 5.21 Å². The molecule has 0 amide bonds. The molecule has 0 saturated carbocycles. The maximum Gasteiger partial charge on any atom is 0.135 e. The van der Waals surface area contributed by atoms with Gasteiger partial charge in [-0.3, -0.25) is 4.05 Å². The zero-order valence-corrected chi connectivity index (χ0v) is 6.13. The molecule has 1 unspecified atom stereocenters. The van der Waals surface area contributed by atoms with E-state index in [1.807, 2.05) is 6.26 Å². The van der Waals surface area contributed by atoms with Gasteiger partial charge in [0, 0.05) is 0 Å². The van der Waals surface area contributed by atoms with Gasteiger partial charge in [-0.2, -0.15) is 0 Å². The minimum absolute atomic E-state index is 0.499. The maximum absolute atomic E-state index is 10.5. The molecule has 0 aliphatic heterocycles. The van der Waals surface area contributed by atoms with Crippen LogP contribution in [-0.4, -0.2) is 23.2 Å². The Morgan fingerprint density at radius 3 is 2.29 bits per heavy atom. The van der Waals surface area contributed by atoms with E-state index < -0.39 is 4.05 Å². The van der Waals surface area contributed by atoms with Crippen molar-refractivity contribution >= 4 is 24.6 Å². The highest BCUT2D eigenvalue weighted by Gasteiger charge is 1.98. The van der Waals surface area contributed by atoms with Crippen LogP contribution in [0.1, 0.15) is 0 Å². The van der Waals surface area contributed by atoms with Crippen LogP contribution in [0, 0.1) is 5.21 Å². The number of hydroxylamine groups is 2. The molecular weight excluding hydrogens is 130 g/mol. The van der Waals surface area contributed by atoms with Crippen molar-refractivity contribution in [2.45, 2.75) is 0 Å². The second-order valence-electron chi connectivity index (χ2n) is 1.47. The number of nitrogens with zero attached hydrogens (tertiary/aromatic N) is 1. The Hall–Kier alpha value is 0.620. The van der Waals surface area contributed by atoms with Crippen LogP contribution in [0.3, 0.4) is 0 Å². The lowest BCUT2D eigenvalue weighted by atomic mass is 11.2. The summed E-state index contributed by atoms with van der Waals surface area (Å²) in [6, 6.07) is 0. The average Bonchev–Trinajstić information content (AvgIpc) is 1.30. The van der Waals surface area contributed by atoms with Gasteiger partial charge in [0.2, 0.25) is 0 Å². The predicted octanol–water partition coefficient (Wildman–Crippen LogP) is 1.10. The minimum Gasteiger partial charge on any atom is -0.620 e. The summed E-state index contributed by atoms with van der Waals surface area (Å²) in [5, 5.41) is 10.5. The van der Waals surface area contributed by atoms with E-state index in [-0.39, 0.29) is 0 Å². The molecule has 0 heterocycles. The van der Waals surface area contributed by atoms with Gasteiger partial charge in [-0.1, -0.05) is 0 Å². The lowest BCUT2D eigenvalue weighted by molar-refractivity contribution is -0.696. The highest BCUT2D eigenvalue weighted by atomic mass is 32.2. The minimum atomic E-state index is -0.499. The summed E-state index contributed by atoms with van der Waals surface area (Å²) in [6.07, 6.45) is 1.88. The Kier molecular flexibility index (Phi) is 3.06. The molecule has 7 heavy (non-hydrogen) atoms. The molecule has 1 atom stereocenters. The first-order chi connectivity index (χ1) is 3.06. The lowest BCUT2D eigenvalue weighted by Crippen LogP contribution is -2.24. The lowest BCUT2D eigenvalue weighted by Gasteiger charge is -2.28. The molecule has 0 N–H and O–H groups in total. The van der Waals surface area contributed by atoms with Gasteiger partial charge in [0.1, 0.15) is 5.88 Å². The number of thioether (sulfide) groups is 1. The summed E-state index contributed by atoms with van der Waals surface area (Å²) in [5.41, 5.74) is 0. The van der Waals surface area contributed by atoms with Gasteiger partial charge in [0.05, 0.1) is 19.9 Å². The fraction of sp³-hybridized carbons (Fsp3) is 1.00. The molecule has 44 valence electrons. The van der Waals surface area contributed by atoms with Gasteiger partial charge in [-0.15, -0.1) is 11.8 Å². The quantitative estimate of drug-likeness (QED) is 0.268. The fourth-order valence-electron chi connectivity index (χ4n) is 0.240. The molecule has 2 nitrogen and oxygen atoms in total. The highest BCUT2D eigenvalue weighted by Crippen LogP contribution is 2.08. The molecule has 0 aromatic rings. The third-order valence-electron chi connectivity index (χ3n) is 0.369. The summed E-state index contributed by atoms with van der Waals surface area (Å²) >= 11 is 5.19. The van der Waals surface area contributed by atoms with Crippen LogP contribution >= 0.6 is 24.6 Å². The molecule has 0 bridgehead atoms. The molecule has 0 fully saturated rings. The van der Waals surface area contributed by atoms with Gasteiger partial charge in [0.25, 0.3) is 0 Å². The van der Waals surface area contributed by atoms with Crippen molar-refractivity contribution in [2.75, 3.05) is 19.2 Å². The number of rotatable bonds is 2. The van der Waals surface area contributed by atoms with Crippen LogP contribution in [0.4, 0.5) is 0 Å². The Bertz CT molecular complexity index is 51.4. The van der Waals surface area contributed by atoms with E-state index in [0.717, 1.165) is 0 Å². The van der Waals surface area contributed by atoms with E-state index in [4.69, 9.17) is 0 Å². The van der Waals surface area contributed by atoms with Gasteiger partial charge in [-0.05, 0) is 6.26 Å². The van der Waals surface area contributed by atoms with Crippen molar-refractivity contribution in [3.8, 4) is 0 Å². The first-order valence-electron chi connectivity index (χ1n) is 1.84. The summed E-state index contributed by atoms with van der Waals surface area (Å²) in [6.45, 7) is 0. The van der Waals surface area contributed by atoms with Crippen molar-refractivity contribution in [1.29, 1.82) is 0 Å². The van der Waals surface area contributed by atoms with Gasteiger partial charge >= 0.3 is 0 Å². The maximum atomic E-state index is 10.5. The normalized spacial score (nSPS) is 18.9. The van der Waals surface area contributed by atoms with E-state index >= 15 is 0 Å². The van der Waals surface area contributed by atoms with Crippen LogP contribution in [0.5, 0.6) is 0 Å². The van der Waals surface area contributed by atoms with E-state index in [2.05, 4.69) is 12.8 Å². The van der Waals surface area contributed by atoms with E-state index in [1.54, 1.807) is 0 Å². The third kappa shape index (κ3) is 6.62. The molecule has 0 spiro atoms. The molecule has 0 aliphatic carbocycles. The molecule has 0 saturated heterocycles. The van der Waals surface area contributed by atoms with Crippen LogP contribution in [0.2, 0.25) is 0 Å². The average molecular weight is 139 g/mol. The smallest absolute Gasteiger partial charge is 0.135 e. The second-order valence-corrected chi connectivity index (χ2v) is 3.15. The predicted molar refractivity (Wildman–Crippen MR) is 36.9 cm³/mol. The van der Waals surface area contributed by atoms with Crippen LogP contribution in [-0.2, 0) is 0 Å². The first kappa shape index (κ1) is 7.62. The topological polar surface area (TPSA) is 23.1 Å². The fourth-order valence-corrected chi connectivity index (χ4v) is 1.07. The standard InChI is InChI=1S/C3H9NOS2/c1-4(5,6)3-7-2/h6H,3H2,1-2H3. The first-order valence-corrected chi connectivity index (χ1v) is 3.64. The second kappa shape index (κ2) is 2.81. The summed E-state index contributed by atoms with van der Waals surface area (Å²) in [4.78, 5) is 0. The van der Waals surface area contributed by atoms with E-state index in [1.165, 1.54) is 18.8 Å². The molecule has 0 aliphatic rings. The number of quaternary nitrogens is 1. The number of hydrogen-bond donors (Lipinski definition) is 1. The number of thiol groups is 1.